The monoisotopic (exact) mass is 373 g/mol. The molecule has 6 nitrogen and oxygen atoms in total. The van der Waals surface area contributed by atoms with E-state index in [1.54, 1.807) is 17.0 Å². The summed E-state index contributed by atoms with van der Waals surface area (Å²) in [5, 5.41) is 10.7. The number of ether oxygens (including phenoxy) is 2. The van der Waals surface area contributed by atoms with E-state index in [1.165, 1.54) is 6.20 Å². The molecule has 6 heteroatoms. The van der Waals surface area contributed by atoms with Crippen molar-refractivity contribution in [3.63, 3.8) is 0 Å². The van der Waals surface area contributed by atoms with Gasteiger partial charge in [-0.15, -0.1) is 0 Å². The summed E-state index contributed by atoms with van der Waals surface area (Å²) in [4.78, 5) is 19.0. The van der Waals surface area contributed by atoms with E-state index in [0.717, 1.165) is 10.8 Å². The van der Waals surface area contributed by atoms with E-state index >= 15 is 0 Å². The Labute approximate surface area is 162 Å². The molecule has 1 aromatic heterocycles. The quantitative estimate of drug-likeness (QED) is 0.685. The fourth-order valence-corrected chi connectivity index (χ4v) is 3.27. The summed E-state index contributed by atoms with van der Waals surface area (Å²) >= 11 is 0. The summed E-state index contributed by atoms with van der Waals surface area (Å²) < 4.78 is 11.5. The smallest absolute Gasteiger partial charge is 0.258 e. The Morgan fingerprint density at radius 1 is 1.21 bits per heavy atom. The molecule has 2 heterocycles. The molecule has 0 saturated carbocycles. The number of nitrogens with zero attached hydrogens (tertiary/aromatic N) is 3. The minimum atomic E-state index is -0.116. The first-order chi connectivity index (χ1) is 13.7. The van der Waals surface area contributed by atoms with E-state index in [-0.39, 0.29) is 12.0 Å². The van der Waals surface area contributed by atoms with Gasteiger partial charge in [-0.3, -0.25) is 4.79 Å². The highest BCUT2D eigenvalue weighted by Gasteiger charge is 2.35. The van der Waals surface area contributed by atoms with E-state index < -0.39 is 0 Å². The second-order valence-corrected chi connectivity index (χ2v) is 6.54. The second kappa shape index (κ2) is 7.57. The van der Waals surface area contributed by atoms with Crippen molar-refractivity contribution in [2.75, 3.05) is 19.7 Å². The predicted molar refractivity (Wildman–Crippen MR) is 104 cm³/mol. The third-order valence-electron chi connectivity index (χ3n) is 4.69. The molecule has 28 heavy (non-hydrogen) atoms. The number of hydrogen-bond acceptors (Lipinski definition) is 5. The van der Waals surface area contributed by atoms with Crippen LogP contribution in [-0.4, -0.2) is 41.6 Å². The van der Waals surface area contributed by atoms with Gasteiger partial charge in [0.1, 0.15) is 17.9 Å². The van der Waals surface area contributed by atoms with Crippen LogP contribution in [0.15, 0.2) is 54.7 Å². The molecule has 0 spiro atoms. The molecule has 0 aliphatic carbocycles. The predicted octanol–water partition coefficient (Wildman–Crippen LogP) is 3.41. The van der Waals surface area contributed by atoms with E-state index in [4.69, 9.17) is 14.7 Å². The molecular formula is C22H19N3O3. The van der Waals surface area contributed by atoms with Crippen LogP contribution in [0.4, 0.5) is 0 Å². The largest absolute Gasteiger partial charge is 0.493 e. The van der Waals surface area contributed by atoms with Gasteiger partial charge in [-0.2, -0.15) is 5.26 Å². The van der Waals surface area contributed by atoms with Gasteiger partial charge in [0.15, 0.2) is 0 Å². The molecule has 2 aromatic carbocycles. The SMILES string of the molecule is CCOc1ccc2ccccc2c1C(=O)N1CC(Oc2ccc(C#N)cn2)C1. The summed E-state index contributed by atoms with van der Waals surface area (Å²) in [5.74, 6) is 0.994. The molecule has 0 unspecified atom stereocenters. The number of likely N-dealkylation sites (tertiary alicyclic amines) is 1. The Morgan fingerprint density at radius 3 is 2.75 bits per heavy atom. The Balaban J connectivity index is 1.50. The Morgan fingerprint density at radius 2 is 2.04 bits per heavy atom. The zero-order valence-corrected chi connectivity index (χ0v) is 15.5. The molecule has 0 atom stereocenters. The number of hydrogen-bond donors (Lipinski definition) is 0. The highest BCUT2D eigenvalue weighted by atomic mass is 16.5. The summed E-state index contributed by atoms with van der Waals surface area (Å²) in [6, 6.07) is 17.0. The number of benzene rings is 2. The van der Waals surface area contributed by atoms with Crippen molar-refractivity contribution >= 4 is 16.7 Å². The summed E-state index contributed by atoms with van der Waals surface area (Å²) in [7, 11) is 0. The van der Waals surface area contributed by atoms with Gasteiger partial charge in [0, 0.05) is 12.3 Å². The van der Waals surface area contributed by atoms with Crippen molar-refractivity contribution in [2.45, 2.75) is 13.0 Å². The van der Waals surface area contributed by atoms with Gasteiger partial charge in [-0.1, -0.05) is 30.3 Å². The molecule has 1 fully saturated rings. The van der Waals surface area contributed by atoms with Crippen LogP contribution in [0.1, 0.15) is 22.8 Å². The lowest BCUT2D eigenvalue weighted by Gasteiger charge is -2.39. The Bertz CT molecular complexity index is 1050. The first kappa shape index (κ1) is 17.8. The fraction of sp³-hybridized carbons (Fsp3) is 0.227. The van der Waals surface area contributed by atoms with Crippen molar-refractivity contribution in [1.82, 2.24) is 9.88 Å². The molecule has 0 N–H and O–H groups in total. The zero-order chi connectivity index (χ0) is 19.5. The zero-order valence-electron chi connectivity index (χ0n) is 15.5. The highest BCUT2D eigenvalue weighted by molar-refractivity contribution is 6.09. The average Bonchev–Trinajstić information content (AvgIpc) is 2.70. The van der Waals surface area contributed by atoms with Gasteiger partial charge in [0.25, 0.3) is 5.91 Å². The van der Waals surface area contributed by atoms with Gasteiger partial charge in [-0.25, -0.2) is 4.98 Å². The molecule has 1 saturated heterocycles. The number of amides is 1. The van der Waals surface area contributed by atoms with Crippen molar-refractivity contribution < 1.29 is 14.3 Å². The first-order valence-electron chi connectivity index (χ1n) is 9.16. The standard InChI is InChI=1S/C22H19N3O3/c1-2-27-19-9-8-16-5-3-4-6-18(16)21(19)22(26)25-13-17(14-25)28-20-10-7-15(11-23)12-24-20/h3-10,12,17H,2,13-14H2,1H3. The van der Waals surface area contributed by atoms with Crippen LogP contribution in [-0.2, 0) is 0 Å². The van der Waals surface area contributed by atoms with Crippen LogP contribution in [0, 0.1) is 11.3 Å². The molecule has 1 amide bonds. The number of nitriles is 1. The third-order valence-corrected chi connectivity index (χ3v) is 4.69. The van der Waals surface area contributed by atoms with Gasteiger partial charge in [0.2, 0.25) is 5.88 Å². The number of fused-ring (bicyclic) bond motifs is 1. The molecule has 0 bridgehead atoms. The Kier molecular flexibility index (Phi) is 4.81. The van der Waals surface area contributed by atoms with Gasteiger partial charge in [0.05, 0.1) is 30.8 Å². The molecule has 140 valence electrons. The summed E-state index contributed by atoms with van der Waals surface area (Å²) in [5.41, 5.74) is 1.08. The van der Waals surface area contributed by atoms with Crippen molar-refractivity contribution in [2.24, 2.45) is 0 Å². The maximum atomic E-state index is 13.2. The topological polar surface area (TPSA) is 75.4 Å². The summed E-state index contributed by atoms with van der Waals surface area (Å²) in [6.07, 6.45) is 1.36. The fourth-order valence-electron chi connectivity index (χ4n) is 3.27. The lowest BCUT2D eigenvalue weighted by atomic mass is 10.0. The lowest BCUT2D eigenvalue weighted by Crippen LogP contribution is -2.56. The molecule has 4 rings (SSSR count). The molecule has 1 aliphatic heterocycles. The molecule has 3 aromatic rings. The molecule has 0 radical (unpaired) electrons. The lowest BCUT2D eigenvalue weighted by molar-refractivity contribution is 0.0159. The second-order valence-electron chi connectivity index (χ2n) is 6.54. The third kappa shape index (κ3) is 3.35. The van der Waals surface area contributed by atoms with Crippen molar-refractivity contribution in [3.8, 4) is 17.7 Å². The van der Waals surface area contributed by atoms with E-state index in [9.17, 15) is 4.79 Å². The number of aromatic nitrogens is 1. The van der Waals surface area contributed by atoms with Gasteiger partial charge >= 0.3 is 0 Å². The number of rotatable bonds is 5. The summed E-state index contributed by atoms with van der Waals surface area (Å²) in [6.45, 7) is 3.36. The van der Waals surface area contributed by atoms with Gasteiger partial charge < -0.3 is 14.4 Å². The van der Waals surface area contributed by atoms with Crippen molar-refractivity contribution in [1.29, 1.82) is 5.26 Å². The minimum Gasteiger partial charge on any atom is -0.493 e. The van der Waals surface area contributed by atoms with E-state index in [1.807, 2.05) is 49.4 Å². The van der Waals surface area contributed by atoms with Crippen LogP contribution in [0.25, 0.3) is 10.8 Å². The number of pyridine rings is 1. The molecular weight excluding hydrogens is 354 g/mol. The normalized spacial score (nSPS) is 13.6. The van der Waals surface area contributed by atoms with Crippen LogP contribution >= 0.6 is 0 Å². The van der Waals surface area contributed by atoms with E-state index in [2.05, 4.69) is 4.98 Å². The minimum absolute atomic E-state index is 0.0621. The van der Waals surface area contributed by atoms with Crippen LogP contribution in [0.2, 0.25) is 0 Å². The Hall–Kier alpha value is -3.59. The van der Waals surface area contributed by atoms with Crippen LogP contribution in [0.3, 0.4) is 0 Å². The average molecular weight is 373 g/mol. The highest BCUT2D eigenvalue weighted by Crippen LogP contribution is 2.31. The van der Waals surface area contributed by atoms with Crippen molar-refractivity contribution in [3.05, 3.63) is 65.9 Å². The van der Waals surface area contributed by atoms with E-state index in [0.29, 0.717) is 42.5 Å². The number of carbonyl (C=O) groups is 1. The maximum Gasteiger partial charge on any atom is 0.258 e. The van der Waals surface area contributed by atoms with Crippen LogP contribution < -0.4 is 9.47 Å². The molecule has 1 aliphatic rings. The first-order valence-corrected chi connectivity index (χ1v) is 9.16. The van der Waals surface area contributed by atoms with Crippen LogP contribution in [0.5, 0.6) is 11.6 Å². The van der Waals surface area contributed by atoms with Gasteiger partial charge in [-0.05, 0) is 29.8 Å². The maximum absolute atomic E-state index is 13.2. The number of carbonyl (C=O) groups excluding carboxylic acids is 1.